The van der Waals surface area contributed by atoms with Crippen LogP contribution in [0.3, 0.4) is 0 Å². The molecule has 0 aliphatic heterocycles. The molecule has 0 saturated carbocycles. The van der Waals surface area contributed by atoms with Crippen molar-refractivity contribution in [2.24, 2.45) is 5.73 Å². The molecule has 0 radical (unpaired) electrons. The van der Waals surface area contributed by atoms with Gasteiger partial charge in [-0.1, -0.05) is 30.3 Å². The number of benzene rings is 1. The first-order chi connectivity index (χ1) is 8.59. The van der Waals surface area contributed by atoms with Crippen LogP contribution in [0.4, 0.5) is 5.82 Å². The van der Waals surface area contributed by atoms with Gasteiger partial charge in [0.1, 0.15) is 5.82 Å². The SMILES string of the molecule is CN(C)c1nc(C(N)=O)ncc1-c1ccccc1. The van der Waals surface area contributed by atoms with Crippen molar-refractivity contribution in [1.82, 2.24) is 9.97 Å². The predicted molar refractivity (Wildman–Crippen MR) is 70.3 cm³/mol. The Balaban J connectivity index is 2.58. The van der Waals surface area contributed by atoms with Crippen LogP contribution in [0.25, 0.3) is 11.1 Å². The Hall–Kier alpha value is -2.43. The van der Waals surface area contributed by atoms with Crippen LogP contribution in [-0.2, 0) is 0 Å². The summed E-state index contributed by atoms with van der Waals surface area (Å²) in [6.45, 7) is 0. The summed E-state index contributed by atoms with van der Waals surface area (Å²) >= 11 is 0. The van der Waals surface area contributed by atoms with Gasteiger partial charge in [0.05, 0.1) is 0 Å². The summed E-state index contributed by atoms with van der Waals surface area (Å²) in [5, 5.41) is 0. The van der Waals surface area contributed by atoms with E-state index in [0.717, 1.165) is 11.1 Å². The van der Waals surface area contributed by atoms with Gasteiger partial charge in [0.15, 0.2) is 0 Å². The fourth-order valence-corrected chi connectivity index (χ4v) is 1.65. The molecule has 1 amide bonds. The molecule has 0 saturated heterocycles. The van der Waals surface area contributed by atoms with Crippen LogP contribution in [0, 0.1) is 0 Å². The number of primary amides is 1. The molecule has 0 aliphatic carbocycles. The van der Waals surface area contributed by atoms with Gasteiger partial charge in [-0.2, -0.15) is 0 Å². The van der Waals surface area contributed by atoms with Gasteiger partial charge in [-0.05, 0) is 5.56 Å². The summed E-state index contributed by atoms with van der Waals surface area (Å²) in [5.74, 6) is 0.0705. The standard InChI is InChI=1S/C13H14N4O/c1-17(2)13-10(9-6-4-3-5-7-9)8-15-12(16-13)11(14)18/h3-8H,1-2H3,(H2,14,18). The van der Waals surface area contributed by atoms with Gasteiger partial charge in [0.25, 0.3) is 5.91 Å². The van der Waals surface area contributed by atoms with Gasteiger partial charge in [-0.3, -0.25) is 4.79 Å². The van der Waals surface area contributed by atoms with Crippen molar-refractivity contribution in [3.05, 3.63) is 42.4 Å². The minimum Gasteiger partial charge on any atom is -0.363 e. The van der Waals surface area contributed by atoms with E-state index in [1.54, 1.807) is 6.20 Å². The molecular weight excluding hydrogens is 228 g/mol. The van der Waals surface area contributed by atoms with Crippen LogP contribution in [-0.4, -0.2) is 30.0 Å². The monoisotopic (exact) mass is 242 g/mol. The maximum atomic E-state index is 11.1. The highest BCUT2D eigenvalue weighted by Gasteiger charge is 2.13. The third-order valence-corrected chi connectivity index (χ3v) is 2.50. The summed E-state index contributed by atoms with van der Waals surface area (Å²) in [5.41, 5.74) is 7.05. The first kappa shape index (κ1) is 12.0. The van der Waals surface area contributed by atoms with Gasteiger partial charge in [-0.25, -0.2) is 9.97 Å². The molecule has 5 nitrogen and oxygen atoms in total. The van der Waals surface area contributed by atoms with Crippen molar-refractivity contribution in [2.75, 3.05) is 19.0 Å². The highest BCUT2D eigenvalue weighted by Crippen LogP contribution is 2.26. The molecule has 2 rings (SSSR count). The quantitative estimate of drug-likeness (QED) is 0.880. The lowest BCUT2D eigenvalue weighted by atomic mass is 10.1. The minimum absolute atomic E-state index is 0.0263. The molecule has 0 aliphatic rings. The lowest BCUT2D eigenvalue weighted by molar-refractivity contribution is 0.0990. The van der Waals surface area contributed by atoms with Gasteiger partial charge >= 0.3 is 0 Å². The molecule has 1 aromatic carbocycles. The van der Waals surface area contributed by atoms with E-state index >= 15 is 0 Å². The fourth-order valence-electron chi connectivity index (χ4n) is 1.65. The molecule has 0 bridgehead atoms. The number of carbonyl (C=O) groups is 1. The number of hydrogen-bond donors (Lipinski definition) is 1. The zero-order valence-electron chi connectivity index (χ0n) is 10.3. The van der Waals surface area contributed by atoms with Gasteiger partial charge < -0.3 is 10.6 Å². The Labute approximate surface area is 105 Å². The maximum Gasteiger partial charge on any atom is 0.286 e. The second kappa shape index (κ2) is 4.83. The van der Waals surface area contributed by atoms with Crippen LogP contribution in [0.5, 0.6) is 0 Å². The minimum atomic E-state index is -0.627. The Morgan fingerprint density at radius 3 is 2.44 bits per heavy atom. The van der Waals surface area contributed by atoms with E-state index in [4.69, 9.17) is 5.73 Å². The molecule has 0 atom stereocenters. The summed E-state index contributed by atoms with van der Waals surface area (Å²) in [4.78, 5) is 21.1. The highest BCUT2D eigenvalue weighted by atomic mass is 16.1. The maximum absolute atomic E-state index is 11.1. The number of hydrogen-bond acceptors (Lipinski definition) is 4. The van der Waals surface area contributed by atoms with Gasteiger partial charge in [-0.15, -0.1) is 0 Å². The van der Waals surface area contributed by atoms with E-state index in [-0.39, 0.29) is 5.82 Å². The van der Waals surface area contributed by atoms with Crippen molar-refractivity contribution < 1.29 is 4.79 Å². The van der Waals surface area contributed by atoms with Crippen molar-refractivity contribution in [3.8, 4) is 11.1 Å². The average molecular weight is 242 g/mol. The normalized spacial score (nSPS) is 10.1. The van der Waals surface area contributed by atoms with Crippen LogP contribution in [0.2, 0.25) is 0 Å². The third kappa shape index (κ3) is 2.29. The molecule has 1 aromatic heterocycles. The number of rotatable bonds is 3. The van der Waals surface area contributed by atoms with E-state index in [1.165, 1.54) is 0 Å². The molecule has 1 heterocycles. The number of carbonyl (C=O) groups excluding carboxylic acids is 1. The van der Waals surface area contributed by atoms with Crippen molar-refractivity contribution >= 4 is 11.7 Å². The third-order valence-electron chi connectivity index (χ3n) is 2.50. The molecule has 0 fully saturated rings. The smallest absolute Gasteiger partial charge is 0.286 e. The number of amides is 1. The number of nitrogens with zero attached hydrogens (tertiary/aromatic N) is 3. The molecule has 92 valence electrons. The molecule has 2 aromatic rings. The zero-order chi connectivity index (χ0) is 13.1. The highest BCUT2D eigenvalue weighted by molar-refractivity contribution is 5.90. The van der Waals surface area contributed by atoms with E-state index in [0.29, 0.717) is 5.82 Å². The van der Waals surface area contributed by atoms with Crippen molar-refractivity contribution in [2.45, 2.75) is 0 Å². The van der Waals surface area contributed by atoms with Crippen molar-refractivity contribution in [3.63, 3.8) is 0 Å². The van der Waals surface area contributed by atoms with E-state index in [1.807, 2.05) is 49.3 Å². The van der Waals surface area contributed by atoms with E-state index < -0.39 is 5.91 Å². The lowest BCUT2D eigenvalue weighted by Gasteiger charge is -2.16. The van der Waals surface area contributed by atoms with E-state index in [2.05, 4.69) is 9.97 Å². The Bertz CT molecular complexity index is 566. The van der Waals surface area contributed by atoms with E-state index in [9.17, 15) is 4.79 Å². The predicted octanol–water partition coefficient (Wildman–Crippen LogP) is 1.31. The van der Waals surface area contributed by atoms with Crippen LogP contribution in [0.1, 0.15) is 10.6 Å². The Morgan fingerprint density at radius 1 is 1.22 bits per heavy atom. The average Bonchev–Trinajstić information content (AvgIpc) is 2.39. The number of aromatic nitrogens is 2. The topological polar surface area (TPSA) is 72.1 Å². The number of nitrogens with two attached hydrogens (primary N) is 1. The molecule has 0 unspecified atom stereocenters. The van der Waals surface area contributed by atoms with Gasteiger partial charge in [0.2, 0.25) is 5.82 Å². The Kier molecular flexibility index (Phi) is 3.23. The van der Waals surface area contributed by atoms with Crippen LogP contribution < -0.4 is 10.6 Å². The van der Waals surface area contributed by atoms with Gasteiger partial charge in [0, 0.05) is 25.9 Å². The largest absolute Gasteiger partial charge is 0.363 e. The fraction of sp³-hybridized carbons (Fsp3) is 0.154. The molecule has 18 heavy (non-hydrogen) atoms. The zero-order valence-corrected chi connectivity index (χ0v) is 10.3. The second-order valence-electron chi connectivity index (χ2n) is 4.06. The Morgan fingerprint density at radius 2 is 1.89 bits per heavy atom. The summed E-state index contributed by atoms with van der Waals surface area (Å²) in [6, 6.07) is 9.76. The molecule has 5 heteroatoms. The summed E-state index contributed by atoms with van der Waals surface area (Å²) < 4.78 is 0. The molecular formula is C13H14N4O. The second-order valence-corrected chi connectivity index (χ2v) is 4.06. The lowest BCUT2D eigenvalue weighted by Crippen LogP contribution is -2.19. The van der Waals surface area contributed by atoms with Crippen molar-refractivity contribution in [1.29, 1.82) is 0 Å². The summed E-state index contributed by atoms with van der Waals surface area (Å²) in [7, 11) is 3.72. The van der Waals surface area contributed by atoms with Crippen LogP contribution >= 0.6 is 0 Å². The summed E-state index contributed by atoms with van der Waals surface area (Å²) in [6.07, 6.45) is 1.62. The first-order valence-electron chi connectivity index (χ1n) is 5.49. The number of anilines is 1. The molecule has 0 spiro atoms. The van der Waals surface area contributed by atoms with Crippen LogP contribution in [0.15, 0.2) is 36.5 Å². The first-order valence-corrected chi connectivity index (χ1v) is 5.49. The molecule has 2 N–H and O–H groups in total.